The molecule has 1 heterocycles. The second-order valence-corrected chi connectivity index (χ2v) is 7.42. The van der Waals surface area contributed by atoms with E-state index in [-0.39, 0.29) is 5.91 Å². The first-order valence-electron chi connectivity index (χ1n) is 8.47. The number of hydrogen-bond donors (Lipinski definition) is 3. The van der Waals surface area contributed by atoms with Gasteiger partial charge < -0.3 is 15.4 Å². The highest BCUT2D eigenvalue weighted by atomic mass is 32.2. The molecule has 0 saturated carbocycles. The van der Waals surface area contributed by atoms with Crippen LogP contribution in [0.1, 0.15) is 0 Å². The van der Waals surface area contributed by atoms with Gasteiger partial charge in [-0.05, 0) is 60.5 Å². The summed E-state index contributed by atoms with van der Waals surface area (Å²) in [5.74, 6) is 0.906. The summed E-state index contributed by atoms with van der Waals surface area (Å²) in [6.07, 6.45) is 2.92. The number of rotatable bonds is 8. The van der Waals surface area contributed by atoms with E-state index in [0.717, 1.165) is 32.5 Å². The monoisotopic (exact) mass is 425 g/mol. The molecule has 148 valence electrons. The molecular formula is C20H19N5O2S2. The molecule has 9 heteroatoms. The molecule has 0 spiro atoms. The van der Waals surface area contributed by atoms with Crippen molar-refractivity contribution in [2.45, 2.75) is 14.8 Å². The highest BCUT2D eigenvalue weighted by molar-refractivity contribution is 7.99. The van der Waals surface area contributed by atoms with E-state index < -0.39 is 0 Å². The van der Waals surface area contributed by atoms with Crippen LogP contribution in [0, 0.1) is 0 Å². The molecule has 0 aliphatic rings. The van der Waals surface area contributed by atoms with Crippen molar-refractivity contribution in [3.05, 3.63) is 67.4 Å². The molecule has 0 atom stereocenters. The normalized spacial score (nSPS) is 10.3. The Morgan fingerprint density at radius 2 is 1.93 bits per heavy atom. The van der Waals surface area contributed by atoms with Crippen LogP contribution in [0.2, 0.25) is 0 Å². The lowest BCUT2D eigenvalue weighted by molar-refractivity contribution is -0.111. The Morgan fingerprint density at radius 1 is 1.17 bits per heavy atom. The Kier molecular flexibility index (Phi) is 7.12. The zero-order chi connectivity index (χ0) is 20.6. The number of nitrogens with one attached hydrogen (secondary N) is 2. The van der Waals surface area contributed by atoms with Crippen molar-refractivity contribution in [1.29, 1.82) is 0 Å². The SMILES string of the molecule is C=CC(=O)Nc1ccc(Sc2ccnc(Nc3ccc(SN)c(OC)c3)n2)cc1. The maximum atomic E-state index is 11.3. The average Bonchev–Trinajstić information content (AvgIpc) is 2.75. The number of ether oxygens (including phenoxy) is 1. The third-order valence-corrected chi connectivity index (χ3v) is 5.24. The zero-order valence-electron chi connectivity index (χ0n) is 15.6. The van der Waals surface area contributed by atoms with Crippen LogP contribution in [-0.2, 0) is 4.79 Å². The molecule has 0 bridgehead atoms. The van der Waals surface area contributed by atoms with E-state index in [1.54, 1.807) is 13.3 Å². The van der Waals surface area contributed by atoms with Gasteiger partial charge in [-0.1, -0.05) is 18.3 Å². The number of anilines is 3. The number of carbonyl (C=O) groups is 1. The molecule has 1 amide bonds. The molecule has 0 saturated heterocycles. The maximum Gasteiger partial charge on any atom is 0.247 e. The van der Waals surface area contributed by atoms with Crippen LogP contribution in [0.5, 0.6) is 5.75 Å². The molecule has 3 rings (SSSR count). The molecule has 0 unspecified atom stereocenters. The van der Waals surface area contributed by atoms with E-state index in [9.17, 15) is 4.79 Å². The van der Waals surface area contributed by atoms with Gasteiger partial charge in [-0.2, -0.15) is 0 Å². The summed E-state index contributed by atoms with van der Waals surface area (Å²) in [5.41, 5.74) is 1.50. The number of amides is 1. The van der Waals surface area contributed by atoms with E-state index >= 15 is 0 Å². The number of nitrogens with zero attached hydrogens (tertiary/aromatic N) is 2. The van der Waals surface area contributed by atoms with Gasteiger partial charge in [0.15, 0.2) is 0 Å². The van der Waals surface area contributed by atoms with Gasteiger partial charge in [-0.15, -0.1) is 0 Å². The lowest BCUT2D eigenvalue weighted by Gasteiger charge is -2.10. The van der Waals surface area contributed by atoms with Crippen molar-refractivity contribution in [3.63, 3.8) is 0 Å². The Morgan fingerprint density at radius 3 is 2.62 bits per heavy atom. The smallest absolute Gasteiger partial charge is 0.247 e. The highest BCUT2D eigenvalue weighted by Gasteiger charge is 2.07. The van der Waals surface area contributed by atoms with Gasteiger partial charge in [0.1, 0.15) is 10.8 Å². The van der Waals surface area contributed by atoms with Gasteiger partial charge in [0, 0.05) is 28.5 Å². The number of benzene rings is 2. The fourth-order valence-electron chi connectivity index (χ4n) is 2.35. The molecule has 7 nitrogen and oxygen atoms in total. The number of hydrogen-bond acceptors (Lipinski definition) is 8. The van der Waals surface area contributed by atoms with E-state index in [2.05, 4.69) is 27.2 Å². The summed E-state index contributed by atoms with van der Waals surface area (Å²) in [6.45, 7) is 3.44. The van der Waals surface area contributed by atoms with E-state index in [1.165, 1.54) is 17.8 Å². The molecule has 3 aromatic rings. The molecule has 0 radical (unpaired) electrons. The predicted molar refractivity (Wildman–Crippen MR) is 118 cm³/mol. The van der Waals surface area contributed by atoms with Crippen LogP contribution >= 0.6 is 23.7 Å². The summed E-state index contributed by atoms with van der Waals surface area (Å²) in [6, 6.07) is 14.9. The van der Waals surface area contributed by atoms with Crippen molar-refractivity contribution in [1.82, 2.24) is 9.97 Å². The quantitative estimate of drug-likeness (QED) is 0.276. The minimum Gasteiger partial charge on any atom is -0.495 e. The van der Waals surface area contributed by atoms with Crippen LogP contribution < -0.4 is 20.5 Å². The lowest BCUT2D eigenvalue weighted by atomic mass is 10.3. The second kappa shape index (κ2) is 9.97. The third-order valence-electron chi connectivity index (χ3n) is 3.71. The van der Waals surface area contributed by atoms with Crippen LogP contribution in [0.4, 0.5) is 17.3 Å². The highest BCUT2D eigenvalue weighted by Crippen LogP contribution is 2.31. The topological polar surface area (TPSA) is 102 Å². The van der Waals surface area contributed by atoms with Crippen LogP contribution in [-0.4, -0.2) is 23.0 Å². The van der Waals surface area contributed by atoms with Crippen molar-refractivity contribution < 1.29 is 9.53 Å². The molecule has 4 N–H and O–H groups in total. The number of carbonyl (C=O) groups excluding carboxylic acids is 1. The Hall–Kier alpha value is -3.01. The zero-order valence-corrected chi connectivity index (χ0v) is 17.2. The Bertz CT molecular complexity index is 1010. The average molecular weight is 426 g/mol. The summed E-state index contributed by atoms with van der Waals surface area (Å²) in [4.78, 5) is 22.0. The molecule has 0 fully saturated rings. The number of aromatic nitrogens is 2. The summed E-state index contributed by atoms with van der Waals surface area (Å²) in [5, 5.41) is 12.3. The van der Waals surface area contributed by atoms with Crippen LogP contribution in [0.15, 0.2) is 82.2 Å². The minimum atomic E-state index is -0.244. The van der Waals surface area contributed by atoms with Crippen molar-refractivity contribution in [2.75, 3.05) is 17.7 Å². The van der Waals surface area contributed by atoms with Crippen molar-refractivity contribution in [3.8, 4) is 5.75 Å². The van der Waals surface area contributed by atoms with E-state index in [1.807, 2.05) is 48.5 Å². The minimum absolute atomic E-state index is 0.244. The summed E-state index contributed by atoms with van der Waals surface area (Å²) < 4.78 is 5.34. The molecule has 2 aromatic carbocycles. The van der Waals surface area contributed by atoms with Crippen LogP contribution in [0.25, 0.3) is 0 Å². The molecule has 1 aromatic heterocycles. The summed E-state index contributed by atoms with van der Waals surface area (Å²) >= 11 is 2.62. The first-order chi connectivity index (χ1) is 14.1. The fraction of sp³-hybridized carbons (Fsp3) is 0.0500. The van der Waals surface area contributed by atoms with Gasteiger partial charge in [-0.3, -0.25) is 9.93 Å². The molecule has 0 aliphatic heterocycles. The molecule has 0 aliphatic carbocycles. The van der Waals surface area contributed by atoms with Crippen molar-refractivity contribution >= 4 is 46.9 Å². The maximum absolute atomic E-state index is 11.3. The van der Waals surface area contributed by atoms with Crippen LogP contribution in [0.3, 0.4) is 0 Å². The first kappa shape index (κ1) is 20.7. The Labute approximate surface area is 177 Å². The molecular weight excluding hydrogens is 406 g/mol. The predicted octanol–water partition coefficient (Wildman–Crippen LogP) is 4.47. The summed E-state index contributed by atoms with van der Waals surface area (Å²) in [7, 11) is 1.60. The molecule has 29 heavy (non-hydrogen) atoms. The first-order valence-corrected chi connectivity index (χ1v) is 10.2. The van der Waals surface area contributed by atoms with Crippen molar-refractivity contribution in [2.24, 2.45) is 5.14 Å². The third kappa shape index (κ3) is 5.74. The van der Waals surface area contributed by atoms with E-state index in [4.69, 9.17) is 9.88 Å². The van der Waals surface area contributed by atoms with Gasteiger partial charge in [0.2, 0.25) is 11.9 Å². The van der Waals surface area contributed by atoms with Gasteiger partial charge in [0.05, 0.1) is 12.0 Å². The van der Waals surface area contributed by atoms with E-state index in [0.29, 0.717) is 17.4 Å². The number of nitrogens with two attached hydrogens (primary N) is 1. The van der Waals surface area contributed by atoms with Gasteiger partial charge >= 0.3 is 0 Å². The number of methoxy groups -OCH3 is 1. The Balaban J connectivity index is 1.69. The largest absolute Gasteiger partial charge is 0.495 e. The van der Waals surface area contributed by atoms with Gasteiger partial charge in [-0.25, -0.2) is 9.97 Å². The lowest BCUT2D eigenvalue weighted by Crippen LogP contribution is -2.06. The van der Waals surface area contributed by atoms with Gasteiger partial charge in [0.25, 0.3) is 0 Å². The fourth-order valence-corrected chi connectivity index (χ4v) is 3.53. The second-order valence-electron chi connectivity index (χ2n) is 5.65. The standard InChI is InChI=1S/C20H19N5O2S2/c1-3-18(26)23-13-4-7-15(8-5-13)28-19-10-11-22-20(25-19)24-14-6-9-17(29-21)16(12-14)27-2/h3-12H,1,21H2,2H3,(H,23,26)(H,22,24,25).